The summed E-state index contributed by atoms with van der Waals surface area (Å²) in [6.45, 7) is 10.2. The molecule has 0 spiro atoms. The molecule has 0 bridgehead atoms. The Bertz CT molecular complexity index is 1240. The van der Waals surface area contributed by atoms with Crippen molar-refractivity contribution in [1.82, 2.24) is 10.2 Å². The lowest BCUT2D eigenvalue weighted by Gasteiger charge is -2.32. The first kappa shape index (κ1) is 29.7. The van der Waals surface area contributed by atoms with E-state index in [0.29, 0.717) is 17.2 Å². The number of halogens is 2. The third kappa shape index (κ3) is 8.34. The summed E-state index contributed by atoms with van der Waals surface area (Å²) in [5.74, 6) is 0.0341. The zero-order valence-corrected chi connectivity index (χ0v) is 25.0. The van der Waals surface area contributed by atoms with Crippen LogP contribution in [0, 0.1) is 0 Å². The Balaban J connectivity index is 1.92. The van der Waals surface area contributed by atoms with Crippen molar-refractivity contribution in [3.05, 3.63) is 99.0 Å². The molecule has 0 saturated carbocycles. The van der Waals surface area contributed by atoms with E-state index in [1.165, 1.54) is 0 Å². The maximum atomic E-state index is 13.8. The van der Waals surface area contributed by atoms with Gasteiger partial charge in [0.25, 0.3) is 5.91 Å². The van der Waals surface area contributed by atoms with E-state index >= 15 is 0 Å². The van der Waals surface area contributed by atoms with Crippen LogP contribution in [0.5, 0.6) is 5.75 Å². The van der Waals surface area contributed by atoms with Gasteiger partial charge in [0.15, 0.2) is 6.61 Å². The number of nitrogens with zero attached hydrogens (tertiary/aromatic N) is 1. The van der Waals surface area contributed by atoms with Gasteiger partial charge in [-0.05, 0) is 70.1 Å². The van der Waals surface area contributed by atoms with Crippen LogP contribution < -0.4 is 10.1 Å². The zero-order valence-electron chi connectivity index (χ0n) is 22.6. The largest absolute Gasteiger partial charge is 0.483 e. The Hall–Kier alpha value is -2.83. The van der Waals surface area contributed by atoms with Gasteiger partial charge in [-0.2, -0.15) is 0 Å². The summed E-state index contributed by atoms with van der Waals surface area (Å²) in [7, 11) is 0. The molecular formula is C31H36BrClN2O3. The van der Waals surface area contributed by atoms with Gasteiger partial charge < -0.3 is 15.0 Å². The van der Waals surface area contributed by atoms with Crippen LogP contribution >= 0.6 is 27.5 Å². The van der Waals surface area contributed by atoms with Crippen molar-refractivity contribution in [1.29, 1.82) is 0 Å². The lowest BCUT2D eigenvalue weighted by atomic mass is 9.87. The van der Waals surface area contributed by atoms with Crippen molar-refractivity contribution in [2.75, 3.05) is 6.61 Å². The second kappa shape index (κ2) is 13.3. The molecule has 3 rings (SSSR count). The highest BCUT2D eigenvalue weighted by molar-refractivity contribution is 9.10. The Morgan fingerprint density at radius 1 is 1.00 bits per heavy atom. The van der Waals surface area contributed by atoms with E-state index in [0.717, 1.165) is 21.2 Å². The third-order valence-corrected chi connectivity index (χ3v) is 7.14. The molecule has 7 heteroatoms. The summed E-state index contributed by atoms with van der Waals surface area (Å²) in [4.78, 5) is 28.8. The van der Waals surface area contributed by atoms with Crippen LogP contribution in [0.25, 0.3) is 0 Å². The van der Waals surface area contributed by atoms with Crippen LogP contribution in [0.3, 0.4) is 0 Å². The van der Waals surface area contributed by atoms with Crippen LogP contribution in [0.4, 0.5) is 0 Å². The first-order valence-corrected chi connectivity index (χ1v) is 13.9. The number of nitrogens with one attached hydrogen (secondary N) is 1. The summed E-state index contributed by atoms with van der Waals surface area (Å²) < 4.78 is 6.75. The average Bonchev–Trinajstić information content (AvgIpc) is 2.85. The molecule has 0 heterocycles. The molecule has 1 unspecified atom stereocenters. The average molecular weight is 600 g/mol. The topological polar surface area (TPSA) is 58.6 Å². The van der Waals surface area contributed by atoms with Gasteiger partial charge >= 0.3 is 0 Å². The summed E-state index contributed by atoms with van der Waals surface area (Å²) in [5, 5.41) is 3.52. The number of rotatable bonds is 10. The number of carbonyl (C=O) groups excluding carboxylic acids is 2. The van der Waals surface area contributed by atoms with E-state index < -0.39 is 6.04 Å². The molecule has 1 N–H and O–H groups in total. The van der Waals surface area contributed by atoms with Gasteiger partial charge in [0.05, 0.1) is 4.47 Å². The van der Waals surface area contributed by atoms with Gasteiger partial charge in [0.1, 0.15) is 11.8 Å². The highest BCUT2D eigenvalue weighted by Gasteiger charge is 2.31. The lowest BCUT2D eigenvalue weighted by Crippen LogP contribution is -2.52. The Morgan fingerprint density at radius 2 is 1.66 bits per heavy atom. The van der Waals surface area contributed by atoms with E-state index in [9.17, 15) is 9.59 Å². The number of hydrogen-bond donors (Lipinski definition) is 1. The van der Waals surface area contributed by atoms with Gasteiger partial charge in [-0.1, -0.05) is 87.0 Å². The van der Waals surface area contributed by atoms with Crippen molar-refractivity contribution in [3.63, 3.8) is 0 Å². The standard InChI is InChI=1S/C31H36BrClN2O3/c1-21(2)34-30(37)27(17-22-11-7-6-8-12-22)35(19-23-13-9-10-14-26(23)33)29(36)20-38-28-16-15-24(18-25(28)32)31(3,4)5/h6-16,18,21,27H,17,19-20H2,1-5H3,(H,34,37). The second-order valence-corrected chi connectivity index (χ2v) is 11.9. The van der Waals surface area contributed by atoms with Crippen LogP contribution in [0.1, 0.15) is 51.3 Å². The highest BCUT2D eigenvalue weighted by atomic mass is 79.9. The van der Waals surface area contributed by atoms with E-state index in [1.54, 1.807) is 11.0 Å². The molecular weight excluding hydrogens is 564 g/mol. The molecule has 2 amide bonds. The first-order valence-electron chi connectivity index (χ1n) is 12.8. The zero-order chi connectivity index (χ0) is 27.9. The molecule has 38 heavy (non-hydrogen) atoms. The van der Waals surface area contributed by atoms with E-state index in [1.807, 2.05) is 80.6 Å². The SMILES string of the molecule is CC(C)NC(=O)C(Cc1ccccc1)N(Cc1ccccc1Cl)C(=O)COc1ccc(C(C)(C)C)cc1Br. The normalized spacial score (nSPS) is 12.2. The number of amides is 2. The Kier molecular flexibility index (Phi) is 10.4. The fourth-order valence-electron chi connectivity index (χ4n) is 4.05. The van der Waals surface area contributed by atoms with Crippen molar-refractivity contribution >= 4 is 39.3 Å². The fourth-order valence-corrected chi connectivity index (χ4v) is 4.74. The van der Waals surface area contributed by atoms with Crippen LogP contribution in [-0.4, -0.2) is 35.4 Å². The number of carbonyl (C=O) groups is 2. The van der Waals surface area contributed by atoms with Crippen molar-refractivity contribution in [2.45, 2.75) is 65.1 Å². The van der Waals surface area contributed by atoms with E-state index in [4.69, 9.17) is 16.3 Å². The maximum absolute atomic E-state index is 13.8. The monoisotopic (exact) mass is 598 g/mol. The molecule has 0 fully saturated rings. The minimum atomic E-state index is -0.751. The summed E-state index contributed by atoms with van der Waals surface area (Å²) in [5.41, 5.74) is 2.84. The van der Waals surface area contributed by atoms with Gasteiger partial charge in [-0.3, -0.25) is 9.59 Å². The van der Waals surface area contributed by atoms with Crippen molar-refractivity contribution < 1.29 is 14.3 Å². The number of ether oxygens (including phenoxy) is 1. The highest BCUT2D eigenvalue weighted by Crippen LogP contribution is 2.31. The summed E-state index contributed by atoms with van der Waals surface area (Å²) in [6.07, 6.45) is 0.361. The van der Waals surface area contributed by atoms with Crippen LogP contribution in [-0.2, 0) is 28.0 Å². The first-order chi connectivity index (χ1) is 18.0. The van der Waals surface area contributed by atoms with Gasteiger partial charge in [-0.15, -0.1) is 0 Å². The van der Waals surface area contributed by atoms with Crippen LogP contribution in [0.2, 0.25) is 5.02 Å². The molecule has 0 aliphatic carbocycles. The van der Waals surface area contributed by atoms with Gasteiger partial charge in [0.2, 0.25) is 5.91 Å². The fraction of sp³-hybridized carbons (Fsp3) is 0.355. The molecule has 5 nitrogen and oxygen atoms in total. The molecule has 0 aliphatic heterocycles. The molecule has 0 aliphatic rings. The maximum Gasteiger partial charge on any atom is 0.261 e. The van der Waals surface area contributed by atoms with Gasteiger partial charge in [0, 0.05) is 24.0 Å². The molecule has 202 valence electrons. The number of hydrogen-bond acceptors (Lipinski definition) is 3. The predicted octanol–water partition coefficient (Wildman–Crippen LogP) is 6.94. The molecule has 0 radical (unpaired) electrons. The molecule has 3 aromatic rings. The minimum Gasteiger partial charge on any atom is -0.483 e. The summed E-state index contributed by atoms with van der Waals surface area (Å²) >= 11 is 10.1. The van der Waals surface area contributed by atoms with Gasteiger partial charge in [-0.25, -0.2) is 0 Å². The minimum absolute atomic E-state index is 0.0168. The smallest absolute Gasteiger partial charge is 0.261 e. The Labute approximate surface area is 239 Å². The molecule has 3 aromatic carbocycles. The van der Waals surface area contributed by atoms with E-state index in [2.05, 4.69) is 42.0 Å². The van der Waals surface area contributed by atoms with Crippen LogP contribution in [0.15, 0.2) is 77.3 Å². The lowest BCUT2D eigenvalue weighted by molar-refractivity contribution is -0.143. The second-order valence-electron chi connectivity index (χ2n) is 10.7. The Morgan fingerprint density at radius 3 is 2.26 bits per heavy atom. The predicted molar refractivity (Wildman–Crippen MR) is 158 cm³/mol. The molecule has 1 atom stereocenters. The summed E-state index contributed by atoms with van der Waals surface area (Å²) in [6, 6.07) is 22.1. The number of benzene rings is 3. The quantitative estimate of drug-likeness (QED) is 0.275. The van der Waals surface area contributed by atoms with Crippen molar-refractivity contribution in [3.8, 4) is 5.75 Å². The van der Waals surface area contributed by atoms with Crippen molar-refractivity contribution in [2.24, 2.45) is 0 Å². The molecule has 0 aromatic heterocycles. The third-order valence-electron chi connectivity index (χ3n) is 6.15. The van der Waals surface area contributed by atoms with E-state index in [-0.39, 0.29) is 36.4 Å². The molecule has 0 saturated heterocycles.